The molecule has 6 heteroatoms. The molecule has 0 unspecified atom stereocenters. The van der Waals surface area contributed by atoms with E-state index in [0.717, 1.165) is 30.3 Å². The fraction of sp³-hybridized carbons (Fsp3) is 0.500. The zero-order chi connectivity index (χ0) is 14.1. The van der Waals surface area contributed by atoms with E-state index in [2.05, 4.69) is 20.4 Å². The largest absolute Gasteiger partial charge is 0.368 e. The Kier molecular flexibility index (Phi) is 3.61. The van der Waals surface area contributed by atoms with Gasteiger partial charge in [-0.15, -0.1) is 0 Å². The van der Waals surface area contributed by atoms with Crippen LogP contribution in [0.25, 0.3) is 0 Å². The number of anilines is 1. The first kappa shape index (κ1) is 13.4. The average molecular weight is 292 g/mol. The summed E-state index contributed by atoms with van der Waals surface area (Å²) in [5.74, 6) is 2.22. The Hall–Kier alpha value is -1.62. The molecule has 0 amide bonds. The average Bonchev–Trinajstić information content (AvgIpc) is 3.18. The van der Waals surface area contributed by atoms with Crippen molar-refractivity contribution in [3.8, 4) is 0 Å². The molecule has 1 aliphatic carbocycles. The number of aromatic nitrogens is 4. The van der Waals surface area contributed by atoms with Crippen LogP contribution in [0.1, 0.15) is 35.7 Å². The van der Waals surface area contributed by atoms with Crippen molar-refractivity contribution in [2.75, 3.05) is 11.9 Å². The van der Waals surface area contributed by atoms with Crippen LogP contribution in [0, 0.1) is 13.8 Å². The van der Waals surface area contributed by atoms with E-state index in [1.54, 1.807) is 0 Å². The molecule has 20 heavy (non-hydrogen) atoms. The summed E-state index contributed by atoms with van der Waals surface area (Å²) in [5, 5.41) is 8.15. The minimum atomic E-state index is 0.502. The fourth-order valence-electron chi connectivity index (χ4n) is 2.08. The van der Waals surface area contributed by atoms with Gasteiger partial charge in [0.15, 0.2) is 0 Å². The van der Waals surface area contributed by atoms with Gasteiger partial charge >= 0.3 is 0 Å². The first-order chi connectivity index (χ1) is 9.63. The highest BCUT2D eigenvalue weighted by Gasteiger charge is 2.27. The van der Waals surface area contributed by atoms with Crippen LogP contribution in [0.5, 0.6) is 0 Å². The standard InChI is InChI=1S/C14H18ClN5/c1-9-7-17-20(8-9)6-5-16-13-10(2)12(15)18-14(19-13)11-3-4-11/h7-8,11H,3-6H2,1-2H3,(H,16,18,19). The van der Waals surface area contributed by atoms with Gasteiger partial charge in [-0.1, -0.05) is 11.6 Å². The summed E-state index contributed by atoms with van der Waals surface area (Å²) >= 11 is 6.18. The van der Waals surface area contributed by atoms with Crippen molar-refractivity contribution >= 4 is 17.4 Å². The smallest absolute Gasteiger partial charge is 0.137 e. The fourth-order valence-corrected chi connectivity index (χ4v) is 2.26. The van der Waals surface area contributed by atoms with E-state index in [0.29, 0.717) is 11.1 Å². The SMILES string of the molecule is Cc1cnn(CCNc2nc(C3CC3)nc(Cl)c2C)c1. The van der Waals surface area contributed by atoms with Crippen LogP contribution in [0.2, 0.25) is 5.15 Å². The molecule has 0 atom stereocenters. The van der Waals surface area contributed by atoms with Gasteiger partial charge in [-0.25, -0.2) is 9.97 Å². The Morgan fingerprint density at radius 1 is 1.35 bits per heavy atom. The van der Waals surface area contributed by atoms with Gasteiger partial charge < -0.3 is 5.32 Å². The van der Waals surface area contributed by atoms with Gasteiger partial charge in [0, 0.05) is 24.2 Å². The molecule has 0 aliphatic heterocycles. The predicted molar refractivity (Wildman–Crippen MR) is 79.2 cm³/mol. The van der Waals surface area contributed by atoms with Crippen molar-refractivity contribution in [3.63, 3.8) is 0 Å². The molecule has 1 fully saturated rings. The molecule has 2 aromatic rings. The normalized spacial score (nSPS) is 14.6. The van der Waals surface area contributed by atoms with E-state index in [-0.39, 0.29) is 0 Å². The molecule has 0 saturated heterocycles. The third kappa shape index (κ3) is 2.93. The maximum atomic E-state index is 6.18. The van der Waals surface area contributed by atoms with Crippen molar-refractivity contribution in [2.24, 2.45) is 0 Å². The Morgan fingerprint density at radius 2 is 2.15 bits per heavy atom. The zero-order valence-corrected chi connectivity index (χ0v) is 12.5. The van der Waals surface area contributed by atoms with Crippen molar-refractivity contribution in [2.45, 2.75) is 39.2 Å². The molecule has 1 saturated carbocycles. The minimum absolute atomic E-state index is 0.502. The van der Waals surface area contributed by atoms with Crippen LogP contribution in [0.4, 0.5) is 5.82 Å². The first-order valence-corrected chi connectivity index (χ1v) is 7.28. The van der Waals surface area contributed by atoms with E-state index in [1.165, 1.54) is 18.4 Å². The summed E-state index contributed by atoms with van der Waals surface area (Å²) < 4.78 is 1.92. The minimum Gasteiger partial charge on any atom is -0.368 e. The van der Waals surface area contributed by atoms with Gasteiger partial charge in [0.25, 0.3) is 0 Å². The Morgan fingerprint density at radius 3 is 2.80 bits per heavy atom. The quantitative estimate of drug-likeness (QED) is 0.861. The molecule has 106 valence electrons. The van der Waals surface area contributed by atoms with E-state index in [4.69, 9.17) is 11.6 Å². The molecule has 0 spiro atoms. The van der Waals surface area contributed by atoms with Gasteiger partial charge in [-0.3, -0.25) is 4.68 Å². The Labute approximate surface area is 123 Å². The maximum absolute atomic E-state index is 6.18. The van der Waals surface area contributed by atoms with Crippen molar-refractivity contribution in [1.82, 2.24) is 19.7 Å². The van der Waals surface area contributed by atoms with Crippen molar-refractivity contribution in [3.05, 3.63) is 34.5 Å². The third-order valence-electron chi connectivity index (χ3n) is 3.44. The zero-order valence-electron chi connectivity index (χ0n) is 11.7. The van der Waals surface area contributed by atoms with Gasteiger partial charge in [0.05, 0.1) is 12.7 Å². The molecule has 3 rings (SSSR count). The lowest BCUT2D eigenvalue weighted by Gasteiger charge is -2.11. The van der Waals surface area contributed by atoms with Crippen molar-refractivity contribution in [1.29, 1.82) is 0 Å². The lowest BCUT2D eigenvalue weighted by molar-refractivity contribution is 0.636. The topological polar surface area (TPSA) is 55.6 Å². The lowest BCUT2D eigenvalue weighted by atomic mass is 10.3. The maximum Gasteiger partial charge on any atom is 0.137 e. The highest BCUT2D eigenvalue weighted by Crippen LogP contribution is 2.39. The van der Waals surface area contributed by atoms with Gasteiger partial charge in [-0.05, 0) is 32.3 Å². The number of hydrogen-bond donors (Lipinski definition) is 1. The van der Waals surface area contributed by atoms with Crippen LogP contribution in [0.15, 0.2) is 12.4 Å². The van der Waals surface area contributed by atoms with Gasteiger partial charge in [-0.2, -0.15) is 5.10 Å². The Balaban J connectivity index is 1.67. The first-order valence-electron chi connectivity index (χ1n) is 6.90. The van der Waals surface area contributed by atoms with Crippen LogP contribution in [-0.2, 0) is 6.54 Å². The summed E-state index contributed by atoms with van der Waals surface area (Å²) in [7, 11) is 0. The highest BCUT2D eigenvalue weighted by atomic mass is 35.5. The number of rotatable bonds is 5. The van der Waals surface area contributed by atoms with E-state index in [9.17, 15) is 0 Å². The second-order valence-corrected chi connectivity index (χ2v) is 5.69. The molecular formula is C14H18ClN5. The molecule has 1 N–H and O–H groups in total. The summed E-state index contributed by atoms with van der Waals surface area (Å²) in [6.07, 6.45) is 6.23. The van der Waals surface area contributed by atoms with Crippen molar-refractivity contribution < 1.29 is 0 Å². The van der Waals surface area contributed by atoms with Crippen LogP contribution in [0.3, 0.4) is 0 Å². The summed E-state index contributed by atoms with van der Waals surface area (Å²) in [5.41, 5.74) is 2.08. The van der Waals surface area contributed by atoms with E-state index >= 15 is 0 Å². The summed E-state index contributed by atoms with van der Waals surface area (Å²) in [4.78, 5) is 8.96. The van der Waals surface area contributed by atoms with Crippen LogP contribution >= 0.6 is 11.6 Å². The Bertz CT molecular complexity index is 618. The number of nitrogens with zero attached hydrogens (tertiary/aromatic N) is 4. The molecule has 0 bridgehead atoms. The molecule has 2 aromatic heterocycles. The number of halogens is 1. The molecule has 2 heterocycles. The predicted octanol–water partition coefficient (Wildman–Crippen LogP) is 2.93. The second kappa shape index (κ2) is 5.40. The van der Waals surface area contributed by atoms with E-state index < -0.39 is 0 Å². The van der Waals surface area contributed by atoms with Gasteiger partial charge in [0.1, 0.15) is 16.8 Å². The number of aryl methyl sites for hydroxylation is 1. The van der Waals surface area contributed by atoms with E-state index in [1.807, 2.05) is 30.9 Å². The number of nitrogens with one attached hydrogen (secondary N) is 1. The molecule has 1 aliphatic rings. The summed E-state index contributed by atoms with van der Waals surface area (Å²) in [6, 6.07) is 0. The summed E-state index contributed by atoms with van der Waals surface area (Å²) in [6.45, 7) is 5.54. The third-order valence-corrected chi connectivity index (χ3v) is 3.81. The highest BCUT2D eigenvalue weighted by molar-refractivity contribution is 6.30. The lowest BCUT2D eigenvalue weighted by Crippen LogP contribution is -2.13. The monoisotopic (exact) mass is 291 g/mol. The van der Waals surface area contributed by atoms with Gasteiger partial charge in [0.2, 0.25) is 0 Å². The molecular weight excluding hydrogens is 274 g/mol. The van der Waals surface area contributed by atoms with Crippen LogP contribution < -0.4 is 5.32 Å². The van der Waals surface area contributed by atoms with Crippen LogP contribution in [-0.4, -0.2) is 26.3 Å². The molecule has 0 radical (unpaired) electrons. The molecule has 0 aromatic carbocycles. The molecule has 5 nitrogen and oxygen atoms in total. The number of hydrogen-bond acceptors (Lipinski definition) is 4. The second-order valence-electron chi connectivity index (χ2n) is 5.33.